The van der Waals surface area contributed by atoms with Crippen LogP contribution in [0, 0.1) is 0 Å². The zero-order valence-corrected chi connectivity index (χ0v) is 10.8. The van der Waals surface area contributed by atoms with Crippen LogP contribution in [0.3, 0.4) is 0 Å². The van der Waals surface area contributed by atoms with Gasteiger partial charge in [-0.1, -0.05) is 0 Å². The van der Waals surface area contributed by atoms with E-state index in [4.69, 9.17) is 11.6 Å². The van der Waals surface area contributed by atoms with Crippen LogP contribution in [-0.2, 0) is 5.88 Å². The van der Waals surface area contributed by atoms with Gasteiger partial charge in [0.05, 0.1) is 21.8 Å². The molecule has 3 aromatic rings. The highest BCUT2D eigenvalue weighted by Crippen LogP contribution is 2.23. The molecule has 0 aliphatic carbocycles. The van der Waals surface area contributed by atoms with Gasteiger partial charge in [-0.25, -0.2) is 4.98 Å². The summed E-state index contributed by atoms with van der Waals surface area (Å²) in [5.41, 5.74) is 2.08. The summed E-state index contributed by atoms with van der Waals surface area (Å²) >= 11 is 7.31. The molecule has 0 bridgehead atoms. The van der Waals surface area contributed by atoms with Gasteiger partial charge >= 0.3 is 0 Å². The smallest absolute Gasteiger partial charge is 0.251 e. The maximum absolute atomic E-state index is 11.5. The molecule has 0 spiro atoms. The van der Waals surface area contributed by atoms with Crippen molar-refractivity contribution in [1.29, 1.82) is 0 Å². The molecule has 4 nitrogen and oxygen atoms in total. The van der Waals surface area contributed by atoms with Crippen LogP contribution in [0.15, 0.2) is 34.6 Å². The van der Waals surface area contributed by atoms with E-state index >= 15 is 0 Å². The fraction of sp³-hybridized carbons (Fsp3) is 0.0833. The Hall–Kier alpha value is -1.72. The quantitative estimate of drug-likeness (QED) is 0.733. The maximum atomic E-state index is 11.5. The first kappa shape index (κ1) is 11.4. The molecule has 0 saturated heterocycles. The first-order valence-electron chi connectivity index (χ1n) is 5.26. The molecule has 18 heavy (non-hydrogen) atoms. The van der Waals surface area contributed by atoms with E-state index in [1.807, 2.05) is 17.5 Å². The van der Waals surface area contributed by atoms with Crippen molar-refractivity contribution in [1.82, 2.24) is 15.0 Å². The highest BCUT2D eigenvalue weighted by Gasteiger charge is 2.06. The van der Waals surface area contributed by atoms with Crippen molar-refractivity contribution >= 4 is 33.2 Å². The van der Waals surface area contributed by atoms with Gasteiger partial charge in [-0.2, -0.15) is 0 Å². The number of hydrogen-bond donors (Lipinski definition) is 1. The van der Waals surface area contributed by atoms with Crippen LogP contribution in [0.5, 0.6) is 0 Å². The normalized spacial score (nSPS) is 10.9. The van der Waals surface area contributed by atoms with Crippen LogP contribution >= 0.6 is 22.9 Å². The van der Waals surface area contributed by atoms with E-state index in [-0.39, 0.29) is 11.4 Å². The minimum Gasteiger partial charge on any atom is -0.306 e. The Bertz CT molecular complexity index is 765. The monoisotopic (exact) mass is 277 g/mol. The molecule has 0 aromatic carbocycles. The van der Waals surface area contributed by atoms with E-state index in [0.717, 1.165) is 15.8 Å². The molecule has 3 aromatic heterocycles. The SMILES string of the molecule is O=c1cc(CCl)nc(-c2cnc3ccsc3c2)[nH]1. The zero-order valence-electron chi connectivity index (χ0n) is 9.18. The molecule has 0 atom stereocenters. The molecule has 0 amide bonds. The van der Waals surface area contributed by atoms with Gasteiger partial charge in [-0.05, 0) is 17.5 Å². The van der Waals surface area contributed by atoms with Gasteiger partial charge in [0.2, 0.25) is 0 Å². The Balaban J connectivity index is 2.18. The van der Waals surface area contributed by atoms with Gasteiger partial charge in [0.15, 0.2) is 0 Å². The Labute approximate surface area is 111 Å². The molecule has 0 radical (unpaired) electrons. The number of H-pyrrole nitrogens is 1. The van der Waals surface area contributed by atoms with E-state index in [1.165, 1.54) is 6.07 Å². The number of fused-ring (bicyclic) bond motifs is 1. The lowest BCUT2D eigenvalue weighted by Gasteiger charge is -2.02. The molecule has 0 aliphatic rings. The summed E-state index contributed by atoms with van der Waals surface area (Å²) in [6, 6.07) is 5.31. The summed E-state index contributed by atoms with van der Waals surface area (Å²) in [4.78, 5) is 22.8. The molecule has 1 N–H and O–H groups in total. The number of nitrogens with zero attached hydrogens (tertiary/aromatic N) is 2. The van der Waals surface area contributed by atoms with Crippen molar-refractivity contribution in [3.8, 4) is 11.4 Å². The van der Waals surface area contributed by atoms with Crippen molar-refractivity contribution in [3.05, 3.63) is 45.8 Å². The highest BCUT2D eigenvalue weighted by molar-refractivity contribution is 7.17. The lowest BCUT2D eigenvalue weighted by Crippen LogP contribution is -2.09. The number of thiophene rings is 1. The fourth-order valence-corrected chi connectivity index (χ4v) is 2.61. The molecule has 0 unspecified atom stereocenters. The van der Waals surface area contributed by atoms with Gasteiger partial charge in [0, 0.05) is 17.8 Å². The third-order valence-corrected chi connectivity index (χ3v) is 3.63. The van der Waals surface area contributed by atoms with E-state index in [1.54, 1.807) is 17.5 Å². The topological polar surface area (TPSA) is 58.6 Å². The first-order chi connectivity index (χ1) is 8.76. The Morgan fingerprint density at radius 2 is 2.28 bits per heavy atom. The van der Waals surface area contributed by atoms with Crippen molar-refractivity contribution in [2.24, 2.45) is 0 Å². The number of pyridine rings is 1. The van der Waals surface area contributed by atoms with E-state index < -0.39 is 0 Å². The first-order valence-corrected chi connectivity index (χ1v) is 6.67. The van der Waals surface area contributed by atoms with Crippen LogP contribution in [0.1, 0.15) is 5.69 Å². The highest BCUT2D eigenvalue weighted by atomic mass is 35.5. The van der Waals surface area contributed by atoms with Gasteiger partial charge in [0.25, 0.3) is 5.56 Å². The van der Waals surface area contributed by atoms with Gasteiger partial charge in [-0.3, -0.25) is 9.78 Å². The third kappa shape index (κ3) is 2.02. The fourth-order valence-electron chi connectivity index (χ4n) is 1.69. The second kappa shape index (κ2) is 4.51. The number of hydrogen-bond acceptors (Lipinski definition) is 4. The molecule has 0 fully saturated rings. The van der Waals surface area contributed by atoms with Crippen molar-refractivity contribution < 1.29 is 0 Å². The number of rotatable bonds is 2. The Kier molecular flexibility index (Phi) is 2.85. The average Bonchev–Trinajstić information content (AvgIpc) is 2.85. The standard InChI is InChI=1S/C12H8ClN3OS/c13-5-8-4-11(17)16-12(15-8)7-3-10-9(14-6-7)1-2-18-10/h1-4,6H,5H2,(H,15,16,17). The predicted molar refractivity (Wildman–Crippen MR) is 73.0 cm³/mol. The molecule has 6 heteroatoms. The second-order valence-electron chi connectivity index (χ2n) is 3.75. The second-order valence-corrected chi connectivity index (χ2v) is 4.96. The summed E-state index contributed by atoms with van der Waals surface area (Å²) in [7, 11) is 0. The predicted octanol–water partition coefficient (Wildman–Crippen LogP) is 2.79. The Morgan fingerprint density at radius 3 is 3.11 bits per heavy atom. The summed E-state index contributed by atoms with van der Waals surface area (Å²) in [6.45, 7) is 0. The minimum absolute atomic E-state index is 0.207. The Morgan fingerprint density at radius 1 is 1.39 bits per heavy atom. The van der Waals surface area contributed by atoms with Crippen LogP contribution < -0.4 is 5.56 Å². The summed E-state index contributed by atoms with van der Waals surface area (Å²) in [5, 5.41) is 1.98. The zero-order chi connectivity index (χ0) is 12.5. The van der Waals surface area contributed by atoms with Crippen LogP contribution in [0.4, 0.5) is 0 Å². The van der Waals surface area contributed by atoms with E-state index in [2.05, 4.69) is 15.0 Å². The maximum Gasteiger partial charge on any atom is 0.251 e. The van der Waals surface area contributed by atoms with Crippen LogP contribution in [-0.4, -0.2) is 15.0 Å². The summed E-state index contributed by atoms with van der Waals surface area (Å²) < 4.78 is 1.06. The minimum atomic E-state index is -0.207. The van der Waals surface area contributed by atoms with Gasteiger partial charge < -0.3 is 4.98 Å². The van der Waals surface area contributed by atoms with E-state index in [9.17, 15) is 4.79 Å². The molecule has 3 heterocycles. The third-order valence-electron chi connectivity index (χ3n) is 2.51. The largest absolute Gasteiger partial charge is 0.306 e. The number of nitrogens with one attached hydrogen (secondary N) is 1. The van der Waals surface area contributed by atoms with Crippen molar-refractivity contribution in [2.45, 2.75) is 5.88 Å². The van der Waals surface area contributed by atoms with Crippen LogP contribution in [0.25, 0.3) is 21.6 Å². The lowest BCUT2D eigenvalue weighted by atomic mass is 10.2. The average molecular weight is 278 g/mol. The van der Waals surface area contributed by atoms with Crippen molar-refractivity contribution in [3.63, 3.8) is 0 Å². The molecular weight excluding hydrogens is 270 g/mol. The molecule has 3 rings (SSSR count). The number of aromatic nitrogens is 3. The number of halogens is 1. The summed E-state index contributed by atoms with van der Waals surface area (Å²) in [5.74, 6) is 0.715. The van der Waals surface area contributed by atoms with Gasteiger partial charge in [-0.15, -0.1) is 22.9 Å². The number of aromatic amines is 1. The summed E-state index contributed by atoms with van der Waals surface area (Å²) in [6.07, 6.45) is 1.70. The van der Waals surface area contributed by atoms with Crippen LogP contribution in [0.2, 0.25) is 0 Å². The van der Waals surface area contributed by atoms with Crippen molar-refractivity contribution in [2.75, 3.05) is 0 Å². The van der Waals surface area contributed by atoms with E-state index in [0.29, 0.717) is 11.5 Å². The number of alkyl halides is 1. The lowest BCUT2D eigenvalue weighted by molar-refractivity contribution is 1.06. The van der Waals surface area contributed by atoms with Gasteiger partial charge in [0.1, 0.15) is 5.82 Å². The molecule has 0 saturated carbocycles. The molecule has 90 valence electrons. The molecule has 0 aliphatic heterocycles. The molecular formula is C12H8ClN3OS.